The van der Waals surface area contributed by atoms with Crippen LogP contribution in [-0.2, 0) is 0 Å². The number of hydrogen-bond acceptors (Lipinski definition) is 5. The summed E-state index contributed by atoms with van der Waals surface area (Å²) < 4.78 is 0. The summed E-state index contributed by atoms with van der Waals surface area (Å²) in [6.07, 6.45) is 4.34. The minimum atomic E-state index is -0.484. The van der Waals surface area contributed by atoms with Crippen molar-refractivity contribution in [3.8, 4) is 11.1 Å². The van der Waals surface area contributed by atoms with Crippen LogP contribution in [0.25, 0.3) is 11.1 Å². The van der Waals surface area contributed by atoms with Crippen LogP contribution in [0.1, 0.15) is 46.6 Å². The Labute approximate surface area is 182 Å². The minimum Gasteiger partial charge on any atom is -0.394 e. The fraction of sp³-hybridized carbons (Fsp3) is 0.333. The van der Waals surface area contributed by atoms with E-state index in [1.165, 1.54) is 0 Å². The quantitative estimate of drug-likeness (QED) is 0.363. The summed E-state index contributed by atoms with van der Waals surface area (Å²) in [6, 6.07) is 10.9. The Balaban J connectivity index is 1.78. The van der Waals surface area contributed by atoms with E-state index in [2.05, 4.69) is 20.6 Å². The largest absolute Gasteiger partial charge is 0.394 e. The highest BCUT2D eigenvalue weighted by Crippen LogP contribution is 2.26. The highest BCUT2D eigenvalue weighted by Gasteiger charge is 2.17. The Morgan fingerprint density at radius 3 is 2.65 bits per heavy atom. The van der Waals surface area contributed by atoms with Crippen molar-refractivity contribution in [3.05, 3.63) is 71.2 Å². The molecule has 0 unspecified atom stereocenters. The number of amides is 1. The molecule has 2 atom stereocenters. The molecule has 0 spiro atoms. The lowest BCUT2D eigenvalue weighted by atomic mass is 10.0. The van der Waals surface area contributed by atoms with Crippen molar-refractivity contribution < 1.29 is 15.0 Å². The molecule has 0 saturated heterocycles. The first-order valence-corrected chi connectivity index (χ1v) is 10.5. The molecule has 0 saturated carbocycles. The van der Waals surface area contributed by atoms with Crippen molar-refractivity contribution in [1.29, 1.82) is 0 Å². The molecule has 2 heterocycles. The summed E-state index contributed by atoms with van der Waals surface area (Å²) >= 11 is 0. The van der Waals surface area contributed by atoms with E-state index in [0.717, 1.165) is 34.2 Å². The average molecular weight is 423 g/mol. The van der Waals surface area contributed by atoms with Crippen molar-refractivity contribution >= 4 is 11.7 Å². The van der Waals surface area contributed by atoms with Gasteiger partial charge in [0.1, 0.15) is 11.5 Å². The van der Waals surface area contributed by atoms with Crippen LogP contribution in [0.5, 0.6) is 0 Å². The molecule has 7 nitrogen and oxygen atoms in total. The van der Waals surface area contributed by atoms with Crippen LogP contribution in [0.3, 0.4) is 0 Å². The zero-order valence-electron chi connectivity index (χ0n) is 18.1. The molecule has 7 heteroatoms. The van der Waals surface area contributed by atoms with Gasteiger partial charge in [0, 0.05) is 18.0 Å². The number of benzene rings is 1. The zero-order valence-corrected chi connectivity index (χ0v) is 18.1. The highest BCUT2D eigenvalue weighted by molar-refractivity contribution is 5.94. The lowest BCUT2D eigenvalue weighted by molar-refractivity contribution is 0.0911. The number of aryl methyl sites for hydroxylation is 2. The highest BCUT2D eigenvalue weighted by atomic mass is 16.3. The molecule has 5 N–H and O–H groups in total. The Morgan fingerprint density at radius 1 is 1.16 bits per heavy atom. The van der Waals surface area contributed by atoms with E-state index in [4.69, 9.17) is 0 Å². The van der Waals surface area contributed by atoms with Crippen LogP contribution in [0.4, 0.5) is 5.82 Å². The number of carbonyl (C=O) groups is 1. The number of carbonyl (C=O) groups excluding carboxylic acids is 1. The van der Waals surface area contributed by atoms with Crippen molar-refractivity contribution in [2.24, 2.45) is 0 Å². The van der Waals surface area contributed by atoms with E-state index < -0.39 is 6.04 Å². The smallest absolute Gasteiger partial charge is 0.268 e. The lowest BCUT2D eigenvalue weighted by Gasteiger charge is -2.17. The molecule has 0 radical (unpaired) electrons. The van der Waals surface area contributed by atoms with Crippen LogP contribution in [0.15, 0.2) is 48.8 Å². The number of hydrogen-bond donors (Lipinski definition) is 5. The number of aromatic amines is 1. The van der Waals surface area contributed by atoms with Gasteiger partial charge in [-0.15, -0.1) is 0 Å². The van der Waals surface area contributed by atoms with Crippen LogP contribution >= 0.6 is 0 Å². The standard InChI is InChI=1S/C24H30N4O3/c1-4-19(13-29)27-23-10-20(16(3)11-26-23)18-9-21(25-12-18)24(31)28-22(14-30)17-7-5-6-15(2)8-17/h5-12,19,22,25,29-30H,4,13-14H2,1-3H3,(H,26,27)(H,28,31)/t19-,22+/m0/s1. The van der Waals surface area contributed by atoms with E-state index in [-0.39, 0.29) is 25.2 Å². The Hall–Kier alpha value is -3.16. The molecular weight excluding hydrogens is 392 g/mol. The first kappa shape index (κ1) is 22.5. The predicted octanol–water partition coefficient (Wildman–Crippen LogP) is 3.34. The summed E-state index contributed by atoms with van der Waals surface area (Å²) in [6.45, 7) is 5.77. The van der Waals surface area contributed by atoms with Crippen molar-refractivity contribution in [1.82, 2.24) is 15.3 Å². The molecule has 3 rings (SSSR count). The number of aliphatic hydroxyl groups excluding tert-OH is 2. The molecule has 1 amide bonds. The van der Waals surface area contributed by atoms with E-state index in [1.54, 1.807) is 18.5 Å². The van der Waals surface area contributed by atoms with E-state index in [1.807, 2.05) is 51.1 Å². The number of aromatic nitrogens is 2. The fourth-order valence-electron chi connectivity index (χ4n) is 3.44. The number of anilines is 1. The van der Waals surface area contributed by atoms with Gasteiger partial charge in [0.2, 0.25) is 0 Å². The summed E-state index contributed by atoms with van der Waals surface area (Å²) in [4.78, 5) is 20.2. The molecule has 0 aliphatic heterocycles. The third-order valence-corrected chi connectivity index (χ3v) is 5.34. The lowest BCUT2D eigenvalue weighted by Crippen LogP contribution is -2.31. The van der Waals surface area contributed by atoms with Gasteiger partial charge in [0.05, 0.1) is 25.3 Å². The molecule has 0 bridgehead atoms. The molecular formula is C24H30N4O3. The van der Waals surface area contributed by atoms with Gasteiger partial charge in [-0.25, -0.2) is 4.98 Å². The van der Waals surface area contributed by atoms with Gasteiger partial charge in [-0.3, -0.25) is 4.79 Å². The van der Waals surface area contributed by atoms with Gasteiger partial charge >= 0.3 is 0 Å². The van der Waals surface area contributed by atoms with Crippen molar-refractivity contribution in [2.75, 3.05) is 18.5 Å². The van der Waals surface area contributed by atoms with Crippen molar-refractivity contribution in [2.45, 2.75) is 39.3 Å². The van der Waals surface area contributed by atoms with Gasteiger partial charge in [0.15, 0.2) is 0 Å². The van der Waals surface area contributed by atoms with Gasteiger partial charge in [-0.05, 0) is 49.1 Å². The maximum absolute atomic E-state index is 12.8. The van der Waals surface area contributed by atoms with Gasteiger partial charge in [-0.1, -0.05) is 36.8 Å². The molecule has 0 aliphatic rings. The molecule has 164 valence electrons. The molecule has 31 heavy (non-hydrogen) atoms. The van der Waals surface area contributed by atoms with Crippen LogP contribution < -0.4 is 10.6 Å². The summed E-state index contributed by atoms with van der Waals surface area (Å²) in [5.41, 5.74) is 5.11. The topological polar surface area (TPSA) is 110 Å². The average Bonchev–Trinajstić information content (AvgIpc) is 3.27. The molecule has 2 aromatic heterocycles. The molecule has 3 aromatic rings. The van der Waals surface area contributed by atoms with Crippen molar-refractivity contribution in [3.63, 3.8) is 0 Å². The van der Waals surface area contributed by atoms with Gasteiger partial charge in [0.25, 0.3) is 5.91 Å². The number of nitrogens with one attached hydrogen (secondary N) is 3. The normalized spacial score (nSPS) is 12.9. The first-order chi connectivity index (χ1) is 14.9. The molecule has 1 aromatic carbocycles. The maximum atomic E-state index is 12.8. The van der Waals surface area contributed by atoms with Crippen LogP contribution in [0, 0.1) is 13.8 Å². The summed E-state index contributed by atoms with van der Waals surface area (Å²) in [5.74, 6) is 0.386. The van der Waals surface area contributed by atoms with Gasteiger partial charge in [-0.2, -0.15) is 0 Å². The predicted molar refractivity (Wildman–Crippen MR) is 122 cm³/mol. The monoisotopic (exact) mass is 422 g/mol. The number of H-pyrrole nitrogens is 1. The maximum Gasteiger partial charge on any atom is 0.268 e. The van der Waals surface area contributed by atoms with E-state index in [9.17, 15) is 15.0 Å². The summed E-state index contributed by atoms with van der Waals surface area (Å²) in [5, 5.41) is 25.3. The Morgan fingerprint density at radius 2 is 1.97 bits per heavy atom. The Kier molecular flexibility index (Phi) is 7.44. The number of rotatable bonds is 9. The number of aliphatic hydroxyl groups is 2. The third-order valence-electron chi connectivity index (χ3n) is 5.34. The first-order valence-electron chi connectivity index (χ1n) is 10.5. The van der Waals surface area contributed by atoms with Gasteiger partial charge < -0.3 is 25.8 Å². The zero-order chi connectivity index (χ0) is 22.4. The van der Waals surface area contributed by atoms with Crippen LogP contribution in [0.2, 0.25) is 0 Å². The minimum absolute atomic E-state index is 0.0306. The SMILES string of the molecule is CC[C@@H](CO)Nc1cc(-c2c[nH]c(C(=O)N[C@H](CO)c3cccc(C)c3)c2)c(C)cn1. The third kappa shape index (κ3) is 5.51. The van der Waals surface area contributed by atoms with E-state index >= 15 is 0 Å². The second-order valence-corrected chi connectivity index (χ2v) is 7.74. The second-order valence-electron chi connectivity index (χ2n) is 7.74. The number of pyridine rings is 1. The molecule has 0 fully saturated rings. The van der Waals surface area contributed by atoms with E-state index in [0.29, 0.717) is 11.5 Å². The number of nitrogens with zero attached hydrogens (tertiary/aromatic N) is 1. The Bertz CT molecular complexity index is 1030. The molecule has 0 aliphatic carbocycles. The van der Waals surface area contributed by atoms with Crippen LogP contribution in [-0.4, -0.2) is 45.3 Å². The fourth-order valence-corrected chi connectivity index (χ4v) is 3.44. The summed E-state index contributed by atoms with van der Waals surface area (Å²) in [7, 11) is 0. The second kappa shape index (κ2) is 10.2.